The van der Waals surface area contributed by atoms with Gasteiger partial charge in [0.2, 0.25) is 5.91 Å². The van der Waals surface area contributed by atoms with Gasteiger partial charge in [0.1, 0.15) is 6.61 Å². The predicted octanol–water partition coefficient (Wildman–Crippen LogP) is 2.13. The summed E-state index contributed by atoms with van der Waals surface area (Å²) in [6.45, 7) is 7.01. The molecule has 0 aromatic carbocycles. The van der Waals surface area contributed by atoms with Crippen LogP contribution >= 0.6 is 0 Å². The van der Waals surface area contributed by atoms with Gasteiger partial charge in [-0.2, -0.15) is 0 Å². The molecule has 102 valence electrons. The van der Waals surface area contributed by atoms with Crippen LogP contribution in [0.4, 0.5) is 0 Å². The summed E-state index contributed by atoms with van der Waals surface area (Å²) >= 11 is 0. The molecule has 0 aliphatic carbocycles. The van der Waals surface area contributed by atoms with E-state index in [4.69, 9.17) is 9.47 Å². The van der Waals surface area contributed by atoms with Crippen LogP contribution < -0.4 is 5.32 Å². The van der Waals surface area contributed by atoms with Crippen LogP contribution in [0.25, 0.3) is 0 Å². The lowest BCUT2D eigenvalue weighted by Crippen LogP contribution is -2.29. The van der Waals surface area contributed by atoms with Crippen molar-refractivity contribution in [1.29, 1.82) is 0 Å². The van der Waals surface area contributed by atoms with Gasteiger partial charge in [-0.3, -0.25) is 4.79 Å². The van der Waals surface area contributed by atoms with Crippen LogP contribution in [-0.2, 0) is 14.3 Å². The van der Waals surface area contributed by atoms with Crippen LogP contribution in [-0.4, -0.2) is 38.9 Å². The molecule has 17 heavy (non-hydrogen) atoms. The minimum absolute atomic E-state index is 0.0327. The van der Waals surface area contributed by atoms with Crippen molar-refractivity contribution in [2.45, 2.75) is 46.0 Å². The van der Waals surface area contributed by atoms with Crippen LogP contribution in [0, 0.1) is 0 Å². The van der Waals surface area contributed by atoms with E-state index in [0.29, 0.717) is 13.2 Å². The smallest absolute Gasteiger partial charge is 0.245 e. The SMILES string of the molecule is CCCCCNC(=O)COCCOCCCC. The van der Waals surface area contributed by atoms with Crippen molar-refractivity contribution >= 4 is 5.91 Å². The summed E-state index contributed by atoms with van der Waals surface area (Å²) in [7, 11) is 0. The van der Waals surface area contributed by atoms with Gasteiger partial charge in [0, 0.05) is 13.2 Å². The molecule has 0 aromatic heterocycles. The molecule has 0 fully saturated rings. The molecule has 0 spiro atoms. The highest BCUT2D eigenvalue weighted by Gasteiger charge is 1.99. The second-order valence-electron chi connectivity index (χ2n) is 4.08. The third-order valence-corrected chi connectivity index (χ3v) is 2.35. The number of hydrogen-bond acceptors (Lipinski definition) is 3. The third kappa shape index (κ3) is 13.3. The maximum Gasteiger partial charge on any atom is 0.245 e. The molecule has 0 unspecified atom stereocenters. The molecule has 0 bridgehead atoms. The average molecular weight is 245 g/mol. The standard InChI is InChI=1S/C13H27NO3/c1-3-5-7-8-14-13(15)12-17-11-10-16-9-6-4-2/h3-12H2,1-2H3,(H,14,15). The van der Waals surface area contributed by atoms with E-state index >= 15 is 0 Å². The number of unbranched alkanes of at least 4 members (excludes halogenated alkanes) is 3. The molecule has 4 nitrogen and oxygen atoms in total. The number of carbonyl (C=O) groups excluding carboxylic acids is 1. The molecule has 0 aliphatic rings. The van der Waals surface area contributed by atoms with E-state index in [2.05, 4.69) is 19.2 Å². The highest BCUT2D eigenvalue weighted by atomic mass is 16.5. The Kier molecular flexibility index (Phi) is 13.0. The van der Waals surface area contributed by atoms with Crippen molar-refractivity contribution < 1.29 is 14.3 Å². The zero-order valence-electron chi connectivity index (χ0n) is 11.3. The molecule has 1 N–H and O–H groups in total. The van der Waals surface area contributed by atoms with Crippen molar-refractivity contribution in [3.63, 3.8) is 0 Å². The van der Waals surface area contributed by atoms with E-state index in [1.165, 1.54) is 6.42 Å². The van der Waals surface area contributed by atoms with Gasteiger partial charge in [-0.1, -0.05) is 33.1 Å². The Morgan fingerprint density at radius 2 is 1.65 bits per heavy atom. The molecule has 0 aromatic rings. The largest absolute Gasteiger partial charge is 0.379 e. The summed E-state index contributed by atoms with van der Waals surface area (Å²) in [6, 6.07) is 0. The maximum atomic E-state index is 11.3. The van der Waals surface area contributed by atoms with Gasteiger partial charge in [0.25, 0.3) is 0 Å². The molecule has 4 heteroatoms. The number of amides is 1. The van der Waals surface area contributed by atoms with Gasteiger partial charge >= 0.3 is 0 Å². The molecule has 1 amide bonds. The first-order valence-electron chi connectivity index (χ1n) is 6.73. The van der Waals surface area contributed by atoms with E-state index in [9.17, 15) is 4.79 Å². The Balaban J connectivity index is 3.11. The lowest BCUT2D eigenvalue weighted by atomic mass is 10.2. The topological polar surface area (TPSA) is 47.6 Å². The van der Waals surface area contributed by atoms with Crippen molar-refractivity contribution in [2.75, 3.05) is 33.0 Å². The van der Waals surface area contributed by atoms with Crippen LogP contribution in [0.2, 0.25) is 0 Å². The van der Waals surface area contributed by atoms with Gasteiger partial charge in [-0.05, 0) is 12.8 Å². The predicted molar refractivity (Wildman–Crippen MR) is 69.1 cm³/mol. The van der Waals surface area contributed by atoms with Crippen LogP contribution in [0.15, 0.2) is 0 Å². The van der Waals surface area contributed by atoms with Gasteiger partial charge in [0.15, 0.2) is 0 Å². The average Bonchev–Trinajstić information content (AvgIpc) is 2.33. The summed E-state index contributed by atoms with van der Waals surface area (Å²) in [5.74, 6) is -0.0327. The first kappa shape index (κ1) is 16.4. The third-order valence-electron chi connectivity index (χ3n) is 2.35. The summed E-state index contributed by atoms with van der Waals surface area (Å²) in [4.78, 5) is 11.3. The number of nitrogens with one attached hydrogen (secondary N) is 1. The normalized spacial score (nSPS) is 10.5. The van der Waals surface area contributed by atoms with Crippen molar-refractivity contribution in [1.82, 2.24) is 5.32 Å². The summed E-state index contributed by atoms with van der Waals surface area (Å²) in [5.41, 5.74) is 0. The fraction of sp³-hybridized carbons (Fsp3) is 0.923. The monoisotopic (exact) mass is 245 g/mol. The Hall–Kier alpha value is -0.610. The lowest BCUT2D eigenvalue weighted by Gasteiger charge is -2.06. The molecule has 0 saturated carbocycles. The fourth-order valence-corrected chi connectivity index (χ4v) is 1.29. The van der Waals surface area contributed by atoms with Gasteiger partial charge in [0.05, 0.1) is 13.2 Å². The molecule has 0 saturated heterocycles. The quantitative estimate of drug-likeness (QED) is 0.536. The number of carbonyl (C=O) groups is 1. The molecule has 0 radical (unpaired) electrons. The van der Waals surface area contributed by atoms with Crippen LogP contribution in [0.3, 0.4) is 0 Å². The molecular weight excluding hydrogens is 218 g/mol. The first-order chi connectivity index (χ1) is 8.31. The van der Waals surface area contributed by atoms with E-state index in [1.807, 2.05) is 0 Å². The molecule has 0 aliphatic heterocycles. The van der Waals surface area contributed by atoms with Gasteiger partial charge < -0.3 is 14.8 Å². The van der Waals surface area contributed by atoms with E-state index in [1.54, 1.807) is 0 Å². The van der Waals surface area contributed by atoms with E-state index in [0.717, 1.165) is 38.8 Å². The zero-order valence-corrected chi connectivity index (χ0v) is 11.3. The van der Waals surface area contributed by atoms with Gasteiger partial charge in [-0.25, -0.2) is 0 Å². The zero-order chi connectivity index (χ0) is 12.8. The minimum atomic E-state index is -0.0327. The van der Waals surface area contributed by atoms with E-state index < -0.39 is 0 Å². The maximum absolute atomic E-state index is 11.3. The second kappa shape index (κ2) is 13.5. The molecule has 0 heterocycles. The Morgan fingerprint density at radius 3 is 2.35 bits per heavy atom. The number of rotatable bonds is 12. The highest BCUT2D eigenvalue weighted by Crippen LogP contribution is 1.91. The van der Waals surface area contributed by atoms with E-state index in [-0.39, 0.29) is 12.5 Å². The van der Waals surface area contributed by atoms with Crippen LogP contribution in [0.5, 0.6) is 0 Å². The molecule has 0 atom stereocenters. The Labute approximate surface area is 105 Å². The summed E-state index contributed by atoms with van der Waals surface area (Å²) in [6.07, 6.45) is 5.59. The van der Waals surface area contributed by atoms with Crippen molar-refractivity contribution in [3.8, 4) is 0 Å². The number of hydrogen-bond donors (Lipinski definition) is 1. The lowest BCUT2D eigenvalue weighted by molar-refractivity contribution is -0.126. The second-order valence-corrected chi connectivity index (χ2v) is 4.08. The Bertz CT molecular complexity index is 174. The molecular formula is C13H27NO3. The summed E-state index contributed by atoms with van der Waals surface area (Å²) in [5, 5.41) is 2.82. The summed E-state index contributed by atoms with van der Waals surface area (Å²) < 4.78 is 10.5. The van der Waals surface area contributed by atoms with Gasteiger partial charge in [-0.15, -0.1) is 0 Å². The number of ether oxygens (including phenoxy) is 2. The molecule has 0 rings (SSSR count). The van der Waals surface area contributed by atoms with Crippen molar-refractivity contribution in [2.24, 2.45) is 0 Å². The minimum Gasteiger partial charge on any atom is -0.379 e. The van der Waals surface area contributed by atoms with Crippen molar-refractivity contribution in [3.05, 3.63) is 0 Å². The highest BCUT2D eigenvalue weighted by molar-refractivity contribution is 5.77. The fourth-order valence-electron chi connectivity index (χ4n) is 1.29. The van der Waals surface area contributed by atoms with Crippen LogP contribution in [0.1, 0.15) is 46.0 Å². The first-order valence-corrected chi connectivity index (χ1v) is 6.73. The Morgan fingerprint density at radius 1 is 0.941 bits per heavy atom.